The average Bonchev–Trinajstić information content (AvgIpc) is 2.84. The van der Waals surface area contributed by atoms with E-state index in [9.17, 15) is 14.7 Å². The molecule has 1 aliphatic rings. The first-order chi connectivity index (χ1) is 15.7. The van der Waals surface area contributed by atoms with Crippen LogP contribution >= 0.6 is 0 Å². The van der Waals surface area contributed by atoms with Crippen LogP contribution in [0, 0.1) is 0 Å². The Morgan fingerprint density at radius 2 is 1.88 bits per heavy atom. The number of rotatable bonds is 8. The second-order valence-corrected chi connectivity index (χ2v) is 7.15. The number of hydrogen-bond donors (Lipinski definition) is 2. The summed E-state index contributed by atoms with van der Waals surface area (Å²) < 4.78 is 5.41. The number of carboxylic acids is 1. The van der Waals surface area contributed by atoms with Crippen molar-refractivity contribution in [2.45, 2.75) is 6.04 Å². The maximum Gasteiger partial charge on any atom is 0.334 e. The van der Waals surface area contributed by atoms with E-state index >= 15 is 0 Å². The minimum atomic E-state index is -1.45. The van der Waals surface area contributed by atoms with Crippen LogP contribution in [0.5, 0.6) is 0 Å². The molecule has 0 radical (unpaired) electrons. The van der Waals surface area contributed by atoms with Gasteiger partial charge >= 0.3 is 5.97 Å². The molecular formula is C23H23N5O4. The minimum Gasteiger partial charge on any atom is -0.479 e. The summed E-state index contributed by atoms with van der Waals surface area (Å²) in [5, 5.41) is 13.0. The zero-order chi connectivity index (χ0) is 22.3. The lowest BCUT2D eigenvalue weighted by molar-refractivity contribution is -0.139. The van der Waals surface area contributed by atoms with Crippen molar-refractivity contribution in [3.05, 3.63) is 67.1 Å². The van der Waals surface area contributed by atoms with Crippen LogP contribution in [0.1, 0.15) is 0 Å². The van der Waals surface area contributed by atoms with Crippen molar-refractivity contribution in [1.82, 2.24) is 9.97 Å². The zero-order valence-corrected chi connectivity index (χ0v) is 17.3. The second-order valence-electron chi connectivity index (χ2n) is 7.15. The number of carbonyl (C=O) groups excluding carboxylic acids is 1. The Morgan fingerprint density at radius 1 is 1.12 bits per heavy atom. The molecule has 1 unspecified atom stereocenters. The number of nitrogens with zero attached hydrogens (tertiary/aromatic N) is 4. The summed E-state index contributed by atoms with van der Waals surface area (Å²) in [5.74, 6) is -0.973. The highest BCUT2D eigenvalue weighted by atomic mass is 16.5. The van der Waals surface area contributed by atoms with Crippen LogP contribution in [-0.2, 0) is 14.3 Å². The Kier molecular flexibility index (Phi) is 6.57. The van der Waals surface area contributed by atoms with E-state index in [1.54, 1.807) is 18.2 Å². The Labute approximate surface area is 185 Å². The van der Waals surface area contributed by atoms with E-state index in [1.165, 1.54) is 17.4 Å². The number of carbonyl (C=O) groups is 2. The van der Waals surface area contributed by atoms with Gasteiger partial charge < -0.3 is 29.8 Å². The van der Waals surface area contributed by atoms with E-state index in [0.717, 1.165) is 24.5 Å². The summed E-state index contributed by atoms with van der Waals surface area (Å²) in [6, 6.07) is 15.3. The molecule has 4 rings (SSSR count). The highest BCUT2D eigenvalue weighted by molar-refractivity contribution is 5.98. The monoisotopic (exact) mass is 433 g/mol. The van der Waals surface area contributed by atoms with Gasteiger partial charge in [-0.05, 0) is 42.5 Å². The molecule has 2 heterocycles. The first-order valence-corrected chi connectivity index (χ1v) is 10.2. The van der Waals surface area contributed by atoms with E-state index < -0.39 is 12.0 Å². The van der Waals surface area contributed by atoms with Gasteiger partial charge in [-0.15, -0.1) is 0 Å². The van der Waals surface area contributed by atoms with Crippen LogP contribution in [0.15, 0.2) is 67.1 Å². The zero-order valence-electron chi connectivity index (χ0n) is 17.3. The van der Waals surface area contributed by atoms with Crippen LogP contribution < -0.4 is 15.1 Å². The van der Waals surface area contributed by atoms with Gasteiger partial charge in [-0.2, -0.15) is 0 Å². The van der Waals surface area contributed by atoms with E-state index in [-0.39, 0.29) is 0 Å². The molecular weight excluding hydrogens is 410 g/mol. The number of aldehydes is 1. The van der Waals surface area contributed by atoms with Crippen molar-refractivity contribution in [1.29, 1.82) is 0 Å². The van der Waals surface area contributed by atoms with Crippen molar-refractivity contribution >= 4 is 40.8 Å². The largest absolute Gasteiger partial charge is 0.479 e. The molecule has 9 nitrogen and oxygen atoms in total. The fraction of sp³-hybridized carbons (Fsp3) is 0.217. The summed E-state index contributed by atoms with van der Waals surface area (Å²) in [4.78, 5) is 35.2. The molecule has 2 aromatic carbocycles. The lowest BCUT2D eigenvalue weighted by atomic mass is 10.1. The predicted molar refractivity (Wildman–Crippen MR) is 121 cm³/mol. The fourth-order valence-corrected chi connectivity index (χ4v) is 3.59. The standard InChI is InChI=1S/C23H23N5O4/c29-15-21(23(30)31)28(22-9-10-24-16-25-22)20-4-2-1-3-19(20)26-17-5-7-18(8-6-17)27-11-13-32-14-12-27/h1-10,15-16,21,26H,11-14H2,(H,30,31). The van der Waals surface area contributed by atoms with Crippen molar-refractivity contribution in [2.24, 2.45) is 0 Å². The van der Waals surface area contributed by atoms with Crippen molar-refractivity contribution < 1.29 is 19.4 Å². The van der Waals surface area contributed by atoms with Crippen LogP contribution in [0.25, 0.3) is 0 Å². The number of aromatic nitrogens is 2. The van der Waals surface area contributed by atoms with Gasteiger partial charge in [0.2, 0.25) is 0 Å². The Morgan fingerprint density at radius 3 is 2.53 bits per heavy atom. The van der Waals surface area contributed by atoms with Crippen LogP contribution in [0.3, 0.4) is 0 Å². The fourth-order valence-electron chi connectivity index (χ4n) is 3.59. The highest BCUT2D eigenvalue weighted by Gasteiger charge is 2.29. The number of para-hydroxylation sites is 2. The van der Waals surface area contributed by atoms with Crippen LogP contribution in [-0.4, -0.2) is 59.7 Å². The molecule has 32 heavy (non-hydrogen) atoms. The van der Waals surface area contributed by atoms with Crippen molar-refractivity contribution in [3.63, 3.8) is 0 Å². The van der Waals surface area contributed by atoms with E-state index in [2.05, 4.69) is 20.2 Å². The third-order valence-corrected chi connectivity index (χ3v) is 5.16. The highest BCUT2D eigenvalue weighted by Crippen LogP contribution is 2.34. The molecule has 0 saturated carbocycles. The summed E-state index contributed by atoms with van der Waals surface area (Å²) in [6.45, 7) is 3.14. The molecule has 3 aromatic rings. The maximum atomic E-state index is 11.8. The summed E-state index contributed by atoms with van der Waals surface area (Å²) >= 11 is 0. The average molecular weight is 433 g/mol. The number of benzene rings is 2. The van der Waals surface area contributed by atoms with Crippen LogP contribution in [0.4, 0.5) is 28.6 Å². The van der Waals surface area contributed by atoms with Gasteiger partial charge in [-0.1, -0.05) is 12.1 Å². The number of ether oxygens (including phenoxy) is 1. The molecule has 0 spiro atoms. The van der Waals surface area contributed by atoms with Crippen molar-refractivity contribution in [2.75, 3.05) is 41.4 Å². The molecule has 0 aliphatic carbocycles. The Bertz CT molecular complexity index is 1060. The topological polar surface area (TPSA) is 108 Å². The summed E-state index contributed by atoms with van der Waals surface area (Å²) in [6.07, 6.45) is 3.20. The summed E-state index contributed by atoms with van der Waals surface area (Å²) in [7, 11) is 0. The quantitative estimate of drug-likeness (QED) is 0.409. The predicted octanol–water partition coefficient (Wildman–Crippen LogP) is 2.85. The molecule has 0 bridgehead atoms. The number of morpholine rings is 1. The van der Waals surface area contributed by atoms with Gasteiger partial charge in [0.05, 0.1) is 24.6 Å². The third-order valence-electron chi connectivity index (χ3n) is 5.16. The van der Waals surface area contributed by atoms with E-state index in [1.807, 2.05) is 36.4 Å². The number of hydrogen-bond acceptors (Lipinski definition) is 8. The van der Waals surface area contributed by atoms with Gasteiger partial charge in [-0.25, -0.2) is 14.8 Å². The SMILES string of the molecule is O=CC(C(=O)O)N(c1ccncn1)c1ccccc1Nc1ccc(N2CCOCC2)cc1. The Balaban J connectivity index is 1.65. The number of anilines is 5. The lowest BCUT2D eigenvalue weighted by Gasteiger charge is -2.29. The van der Waals surface area contributed by atoms with Gasteiger partial charge in [0, 0.05) is 30.7 Å². The molecule has 1 atom stereocenters. The number of aliphatic carboxylic acids is 1. The smallest absolute Gasteiger partial charge is 0.334 e. The van der Waals surface area contributed by atoms with Gasteiger partial charge in [0.15, 0.2) is 12.3 Å². The van der Waals surface area contributed by atoms with E-state index in [4.69, 9.17) is 4.74 Å². The first kappa shape index (κ1) is 21.3. The lowest BCUT2D eigenvalue weighted by Crippen LogP contribution is -2.40. The molecule has 1 saturated heterocycles. The minimum absolute atomic E-state index is 0.302. The van der Waals surface area contributed by atoms with E-state index in [0.29, 0.717) is 36.7 Å². The first-order valence-electron chi connectivity index (χ1n) is 10.2. The van der Waals surface area contributed by atoms with Gasteiger partial charge in [-0.3, -0.25) is 0 Å². The summed E-state index contributed by atoms with van der Waals surface area (Å²) in [5.41, 5.74) is 3.08. The molecule has 164 valence electrons. The molecule has 0 amide bonds. The van der Waals surface area contributed by atoms with Crippen molar-refractivity contribution in [3.8, 4) is 0 Å². The third kappa shape index (κ3) is 4.68. The molecule has 2 N–H and O–H groups in total. The molecule has 1 aliphatic heterocycles. The van der Waals surface area contributed by atoms with Gasteiger partial charge in [0.25, 0.3) is 0 Å². The molecule has 9 heteroatoms. The molecule has 1 fully saturated rings. The van der Waals surface area contributed by atoms with Gasteiger partial charge in [0.1, 0.15) is 12.1 Å². The normalized spacial score (nSPS) is 14.4. The maximum absolute atomic E-state index is 11.8. The Hall–Kier alpha value is -3.98. The molecule has 1 aromatic heterocycles. The van der Waals surface area contributed by atoms with Crippen LogP contribution in [0.2, 0.25) is 0 Å². The number of nitrogens with one attached hydrogen (secondary N) is 1. The second kappa shape index (κ2) is 9.88. The number of carboxylic acid groups (broad SMARTS) is 1.